The number of aromatic nitrogens is 2. The summed E-state index contributed by atoms with van der Waals surface area (Å²) in [6, 6.07) is 7.92. The van der Waals surface area contributed by atoms with Gasteiger partial charge < -0.3 is 10.6 Å². The van der Waals surface area contributed by atoms with Crippen LogP contribution < -0.4 is 10.6 Å². The molecule has 3 rings (SSSR count). The SMILES string of the molecule is O=C(Nc1cccc(Br)c1)c1cnc(NC2CC2)nc1. The molecule has 102 valence electrons. The van der Waals surface area contributed by atoms with E-state index in [-0.39, 0.29) is 5.91 Å². The van der Waals surface area contributed by atoms with E-state index in [1.165, 1.54) is 12.4 Å². The normalized spacial score (nSPS) is 13.8. The van der Waals surface area contributed by atoms with E-state index >= 15 is 0 Å². The molecule has 20 heavy (non-hydrogen) atoms. The number of hydrogen-bond acceptors (Lipinski definition) is 4. The Kier molecular flexibility index (Phi) is 3.64. The van der Waals surface area contributed by atoms with Crippen molar-refractivity contribution in [1.29, 1.82) is 0 Å². The Morgan fingerprint density at radius 3 is 2.65 bits per heavy atom. The molecule has 0 saturated heterocycles. The highest BCUT2D eigenvalue weighted by Gasteiger charge is 2.21. The highest BCUT2D eigenvalue weighted by atomic mass is 79.9. The second kappa shape index (κ2) is 5.58. The smallest absolute Gasteiger partial charge is 0.258 e. The third-order valence-electron chi connectivity index (χ3n) is 2.91. The Balaban J connectivity index is 1.66. The van der Waals surface area contributed by atoms with Crippen molar-refractivity contribution < 1.29 is 4.79 Å². The lowest BCUT2D eigenvalue weighted by Gasteiger charge is -2.06. The van der Waals surface area contributed by atoms with Gasteiger partial charge in [-0.05, 0) is 31.0 Å². The van der Waals surface area contributed by atoms with E-state index in [0.29, 0.717) is 17.6 Å². The van der Waals surface area contributed by atoms with Crippen LogP contribution in [0.3, 0.4) is 0 Å². The first-order valence-corrected chi connectivity index (χ1v) is 7.15. The Labute approximate surface area is 125 Å². The lowest BCUT2D eigenvalue weighted by molar-refractivity contribution is 0.102. The van der Waals surface area contributed by atoms with Crippen molar-refractivity contribution in [2.45, 2.75) is 18.9 Å². The molecule has 0 atom stereocenters. The molecule has 1 amide bonds. The van der Waals surface area contributed by atoms with E-state index in [9.17, 15) is 4.79 Å². The highest BCUT2D eigenvalue weighted by Crippen LogP contribution is 2.22. The number of rotatable bonds is 4. The molecule has 1 aliphatic rings. The van der Waals surface area contributed by atoms with Crippen LogP contribution in [-0.4, -0.2) is 21.9 Å². The van der Waals surface area contributed by atoms with Crippen LogP contribution in [0.2, 0.25) is 0 Å². The van der Waals surface area contributed by atoms with Crippen molar-refractivity contribution in [2.75, 3.05) is 10.6 Å². The maximum Gasteiger partial charge on any atom is 0.258 e. The summed E-state index contributed by atoms with van der Waals surface area (Å²) in [6.45, 7) is 0. The molecule has 0 spiro atoms. The number of benzene rings is 1. The van der Waals surface area contributed by atoms with Crippen LogP contribution in [0.4, 0.5) is 11.6 Å². The molecule has 6 heteroatoms. The topological polar surface area (TPSA) is 66.9 Å². The largest absolute Gasteiger partial charge is 0.351 e. The Morgan fingerprint density at radius 1 is 1.25 bits per heavy atom. The predicted octanol–water partition coefficient (Wildman–Crippen LogP) is 3.07. The second-order valence-corrected chi connectivity index (χ2v) is 5.59. The van der Waals surface area contributed by atoms with Gasteiger partial charge in [0.25, 0.3) is 5.91 Å². The zero-order valence-corrected chi connectivity index (χ0v) is 12.2. The molecule has 1 saturated carbocycles. The van der Waals surface area contributed by atoms with Crippen molar-refractivity contribution in [1.82, 2.24) is 9.97 Å². The van der Waals surface area contributed by atoms with E-state index in [2.05, 4.69) is 36.5 Å². The van der Waals surface area contributed by atoms with E-state index < -0.39 is 0 Å². The van der Waals surface area contributed by atoms with Crippen LogP contribution in [0.25, 0.3) is 0 Å². The zero-order valence-electron chi connectivity index (χ0n) is 10.6. The average Bonchev–Trinajstić information content (AvgIpc) is 3.23. The number of carbonyl (C=O) groups is 1. The van der Waals surface area contributed by atoms with Gasteiger partial charge in [-0.15, -0.1) is 0 Å². The quantitative estimate of drug-likeness (QED) is 0.902. The molecule has 2 N–H and O–H groups in total. The van der Waals surface area contributed by atoms with Crippen LogP contribution in [0.5, 0.6) is 0 Å². The summed E-state index contributed by atoms with van der Waals surface area (Å²) in [6.07, 6.45) is 5.39. The number of nitrogens with one attached hydrogen (secondary N) is 2. The molecule has 1 aliphatic carbocycles. The van der Waals surface area contributed by atoms with Crippen molar-refractivity contribution in [3.05, 3.63) is 46.7 Å². The number of halogens is 1. The number of anilines is 2. The molecule has 1 fully saturated rings. The summed E-state index contributed by atoms with van der Waals surface area (Å²) in [5, 5.41) is 5.98. The molecule has 1 aromatic carbocycles. The van der Waals surface area contributed by atoms with E-state index in [4.69, 9.17) is 0 Å². The third-order valence-corrected chi connectivity index (χ3v) is 3.40. The first-order chi connectivity index (χ1) is 9.70. The molecule has 0 aliphatic heterocycles. The second-order valence-electron chi connectivity index (χ2n) is 4.68. The van der Waals surface area contributed by atoms with Gasteiger partial charge in [-0.3, -0.25) is 4.79 Å². The summed E-state index contributed by atoms with van der Waals surface area (Å²) in [4.78, 5) is 20.3. The van der Waals surface area contributed by atoms with E-state index in [0.717, 1.165) is 23.0 Å². The molecule has 5 nitrogen and oxygen atoms in total. The van der Waals surface area contributed by atoms with Crippen LogP contribution >= 0.6 is 15.9 Å². The van der Waals surface area contributed by atoms with Gasteiger partial charge in [0.05, 0.1) is 5.56 Å². The minimum absolute atomic E-state index is 0.221. The summed E-state index contributed by atoms with van der Waals surface area (Å²) in [5.41, 5.74) is 1.16. The zero-order chi connectivity index (χ0) is 13.9. The van der Waals surface area contributed by atoms with Gasteiger partial charge >= 0.3 is 0 Å². The number of hydrogen-bond donors (Lipinski definition) is 2. The maximum absolute atomic E-state index is 12.0. The maximum atomic E-state index is 12.0. The summed E-state index contributed by atoms with van der Waals surface area (Å²) >= 11 is 3.36. The van der Waals surface area contributed by atoms with Gasteiger partial charge in [0.15, 0.2) is 0 Å². The summed E-state index contributed by atoms with van der Waals surface area (Å²) < 4.78 is 0.913. The molecular weight excluding hydrogens is 320 g/mol. The Bertz CT molecular complexity index is 625. The van der Waals surface area contributed by atoms with E-state index in [1.54, 1.807) is 0 Å². The lowest BCUT2D eigenvalue weighted by Crippen LogP contribution is -2.13. The van der Waals surface area contributed by atoms with Crippen LogP contribution in [0.1, 0.15) is 23.2 Å². The molecular formula is C14H13BrN4O. The Hall–Kier alpha value is -1.95. The Morgan fingerprint density at radius 2 is 2.00 bits per heavy atom. The van der Waals surface area contributed by atoms with Gasteiger partial charge in [-0.1, -0.05) is 22.0 Å². The van der Waals surface area contributed by atoms with E-state index in [1.807, 2.05) is 24.3 Å². The van der Waals surface area contributed by atoms with Gasteiger partial charge in [0.2, 0.25) is 5.95 Å². The third kappa shape index (κ3) is 3.33. The minimum atomic E-state index is -0.221. The fourth-order valence-corrected chi connectivity index (χ4v) is 2.10. The lowest BCUT2D eigenvalue weighted by atomic mass is 10.3. The van der Waals surface area contributed by atoms with Crippen molar-refractivity contribution in [3.8, 4) is 0 Å². The molecule has 0 bridgehead atoms. The molecule has 2 aromatic rings. The fourth-order valence-electron chi connectivity index (χ4n) is 1.70. The molecule has 0 unspecified atom stereocenters. The predicted molar refractivity (Wildman–Crippen MR) is 80.8 cm³/mol. The average molecular weight is 333 g/mol. The standard InChI is InChI=1S/C14H13BrN4O/c15-10-2-1-3-12(6-10)18-13(20)9-7-16-14(17-8-9)19-11-4-5-11/h1-3,6-8,11H,4-5H2,(H,18,20)(H,16,17,19). The number of nitrogens with zero attached hydrogens (tertiary/aromatic N) is 2. The fraction of sp³-hybridized carbons (Fsp3) is 0.214. The number of carbonyl (C=O) groups excluding carboxylic acids is 1. The summed E-state index contributed by atoms with van der Waals surface area (Å²) in [7, 11) is 0. The van der Waals surface area contributed by atoms with Gasteiger partial charge in [0, 0.05) is 28.6 Å². The minimum Gasteiger partial charge on any atom is -0.351 e. The highest BCUT2D eigenvalue weighted by molar-refractivity contribution is 9.10. The van der Waals surface area contributed by atoms with Crippen molar-refractivity contribution in [3.63, 3.8) is 0 Å². The first kappa shape index (κ1) is 13.1. The molecule has 1 aromatic heterocycles. The van der Waals surface area contributed by atoms with Gasteiger partial charge in [0.1, 0.15) is 0 Å². The van der Waals surface area contributed by atoms with Gasteiger partial charge in [-0.2, -0.15) is 0 Å². The monoisotopic (exact) mass is 332 g/mol. The van der Waals surface area contributed by atoms with Crippen molar-refractivity contribution in [2.24, 2.45) is 0 Å². The molecule has 0 radical (unpaired) electrons. The van der Waals surface area contributed by atoms with Crippen LogP contribution in [0, 0.1) is 0 Å². The van der Waals surface area contributed by atoms with Gasteiger partial charge in [-0.25, -0.2) is 9.97 Å². The first-order valence-electron chi connectivity index (χ1n) is 6.36. The number of amides is 1. The van der Waals surface area contributed by atoms with Crippen LogP contribution in [-0.2, 0) is 0 Å². The molecule has 1 heterocycles. The summed E-state index contributed by atoms with van der Waals surface area (Å²) in [5.74, 6) is 0.354. The van der Waals surface area contributed by atoms with Crippen molar-refractivity contribution >= 4 is 33.5 Å². The van der Waals surface area contributed by atoms with Crippen LogP contribution in [0.15, 0.2) is 41.1 Å².